The smallest absolute Gasteiger partial charge is 0.254 e. The molecule has 1 aliphatic heterocycles. The summed E-state index contributed by atoms with van der Waals surface area (Å²) in [5.74, 6) is -0.212. The third kappa shape index (κ3) is 5.37. The number of carbonyl (C=O) groups excluding carboxylic acids is 1. The molecule has 1 amide bonds. The SMILES string of the molecule is Cc1ccccc1CN(Cc1cccnc1)C(=O)c1cccc(S(=O)(=O)N2CCCCC2C)c1. The molecule has 3 aromatic rings. The molecule has 4 rings (SSSR count). The lowest BCUT2D eigenvalue weighted by Crippen LogP contribution is -2.42. The lowest BCUT2D eigenvalue weighted by molar-refractivity contribution is 0.0729. The second kappa shape index (κ2) is 10.5. The van der Waals surface area contributed by atoms with Crippen molar-refractivity contribution in [2.24, 2.45) is 0 Å². The first-order valence-corrected chi connectivity index (χ1v) is 13.1. The van der Waals surface area contributed by atoms with E-state index in [0.29, 0.717) is 25.2 Å². The van der Waals surface area contributed by atoms with Crippen LogP contribution >= 0.6 is 0 Å². The fourth-order valence-corrected chi connectivity index (χ4v) is 6.19. The number of hydrogen-bond donors (Lipinski definition) is 0. The Kier molecular flexibility index (Phi) is 7.44. The Morgan fingerprint density at radius 1 is 1.06 bits per heavy atom. The van der Waals surface area contributed by atoms with Crippen molar-refractivity contribution in [3.8, 4) is 0 Å². The van der Waals surface area contributed by atoms with Crippen LogP contribution in [0.3, 0.4) is 0 Å². The van der Waals surface area contributed by atoms with Crippen LogP contribution in [0.25, 0.3) is 0 Å². The molecule has 1 saturated heterocycles. The number of aromatic nitrogens is 1. The Bertz CT molecular complexity index is 1240. The molecule has 0 bridgehead atoms. The maximum atomic E-state index is 13.7. The van der Waals surface area contributed by atoms with Crippen LogP contribution in [0.5, 0.6) is 0 Å². The molecule has 1 unspecified atom stereocenters. The normalized spacial score (nSPS) is 16.8. The van der Waals surface area contributed by atoms with Gasteiger partial charge in [-0.25, -0.2) is 8.42 Å². The predicted octanol–water partition coefficient (Wildman–Crippen LogP) is 4.80. The van der Waals surface area contributed by atoms with Crippen LogP contribution in [0.1, 0.15) is 53.2 Å². The Balaban J connectivity index is 1.65. The minimum Gasteiger partial charge on any atom is -0.330 e. The van der Waals surface area contributed by atoms with Gasteiger partial charge in [0.15, 0.2) is 0 Å². The van der Waals surface area contributed by atoms with Crippen LogP contribution in [0.2, 0.25) is 0 Å². The first-order chi connectivity index (χ1) is 16.4. The Labute approximate surface area is 202 Å². The molecule has 2 aromatic carbocycles. The van der Waals surface area contributed by atoms with Crippen molar-refractivity contribution in [1.82, 2.24) is 14.2 Å². The van der Waals surface area contributed by atoms with Crippen LogP contribution in [-0.4, -0.2) is 41.1 Å². The number of amides is 1. The van der Waals surface area contributed by atoms with E-state index < -0.39 is 10.0 Å². The van der Waals surface area contributed by atoms with Crippen LogP contribution in [0, 0.1) is 6.92 Å². The Morgan fingerprint density at radius 3 is 2.62 bits per heavy atom. The molecule has 1 fully saturated rings. The monoisotopic (exact) mass is 477 g/mol. The molecule has 178 valence electrons. The summed E-state index contributed by atoms with van der Waals surface area (Å²) in [6.07, 6.45) is 6.20. The fraction of sp³-hybridized carbons (Fsp3) is 0.333. The summed E-state index contributed by atoms with van der Waals surface area (Å²) in [5, 5.41) is 0. The van der Waals surface area contributed by atoms with Gasteiger partial charge in [0.2, 0.25) is 10.0 Å². The van der Waals surface area contributed by atoms with Gasteiger partial charge in [-0.2, -0.15) is 4.31 Å². The summed E-state index contributed by atoms with van der Waals surface area (Å²) in [6.45, 7) is 5.28. The summed E-state index contributed by atoms with van der Waals surface area (Å²) >= 11 is 0. The third-order valence-corrected chi connectivity index (χ3v) is 8.45. The highest BCUT2D eigenvalue weighted by Crippen LogP contribution is 2.26. The zero-order valence-corrected chi connectivity index (χ0v) is 20.5. The number of hydrogen-bond acceptors (Lipinski definition) is 4. The van der Waals surface area contributed by atoms with Crippen molar-refractivity contribution in [3.05, 3.63) is 95.3 Å². The molecular weight excluding hydrogens is 446 g/mol. The summed E-state index contributed by atoms with van der Waals surface area (Å²) in [5.41, 5.74) is 3.42. The summed E-state index contributed by atoms with van der Waals surface area (Å²) in [7, 11) is -3.66. The quantitative estimate of drug-likeness (QED) is 0.490. The molecule has 1 aliphatic rings. The highest BCUT2D eigenvalue weighted by atomic mass is 32.2. The van der Waals surface area contributed by atoms with E-state index in [1.807, 2.05) is 50.2 Å². The van der Waals surface area contributed by atoms with Gasteiger partial charge in [0.05, 0.1) is 4.90 Å². The van der Waals surface area contributed by atoms with Gasteiger partial charge < -0.3 is 4.90 Å². The van der Waals surface area contributed by atoms with Gasteiger partial charge in [0.25, 0.3) is 5.91 Å². The molecule has 0 spiro atoms. The van der Waals surface area contributed by atoms with Gasteiger partial charge in [0, 0.05) is 43.6 Å². The Hall–Kier alpha value is -3.03. The topological polar surface area (TPSA) is 70.6 Å². The van der Waals surface area contributed by atoms with Gasteiger partial charge in [-0.15, -0.1) is 0 Å². The predicted molar refractivity (Wildman–Crippen MR) is 133 cm³/mol. The number of nitrogens with zero attached hydrogens (tertiary/aromatic N) is 3. The average molecular weight is 478 g/mol. The molecule has 1 aromatic heterocycles. The zero-order chi connectivity index (χ0) is 24.1. The maximum absolute atomic E-state index is 13.7. The third-order valence-electron chi connectivity index (χ3n) is 6.44. The molecular formula is C27H31N3O3S. The summed E-state index contributed by atoms with van der Waals surface area (Å²) in [4.78, 5) is 19.8. The van der Waals surface area contributed by atoms with Gasteiger partial charge in [-0.1, -0.05) is 42.8 Å². The zero-order valence-electron chi connectivity index (χ0n) is 19.7. The van der Waals surface area contributed by atoms with Gasteiger partial charge in [-0.3, -0.25) is 9.78 Å². The van der Waals surface area contributed by atoms with E-state index in [2.05, 4.69) is 4.98 Å². The first-order valence-electron chi connectivity index (χ1n) is 11.7. The molecule has 0 saturated carbocycles. The maximum Gasteiger partial charge on any atom is 0.254 e. The number of pyridine rings is 1. The number of sulfonamides is 1. The lowest BCUT2D eigenvalue weighted by atomic mass is 10.1. The van der Waals surface area contributed by atoms with E-state index in [1.54, 1.807) is 39.8 Å². The highest BCUT2D eigenvalue weighted by molar-refractivity contribution is 7.89. The fourth-order valence-electron chi connectivity index (χ4n) is 4.44. The minimum atomic E-state index is -3.66. The molecule has 1 atom stereocenters. The van der Waals surface area contributed by atoms with Crippen molar-refractivity contribution < 1.29 is 13.2 Å². The number of rotatable bonds is 7. The first kappa shape index (κ1) is 24.1. The Morgan fingerprint density at radius 2 is 1.88 bits per heavy atom. The number of benzene rings is 2. The van der Waals surface area contributed by atoms with Crippen molar-refractivity contribution in [2.45, 2.75) is 57.1 Å². The van der Waals surface area contributed by atoms with Crippen molar-refractivity contribution in [2.75, 3.05) is 6.54 Å². The van der Waals surface area contributed by atoms with E-state index in [-0.39, 0.29) is 16.8 Å². The van der Waals surface area contributed by atoms with Crippen LogP contribution in [-0.2, 0) is 23.1 Å². The van der Waals surface area contributed by atoms with Gasteiger partial charge in [-0.05, 0) is 67.6 Å². The van der Waals surface area contributed by atoms with E-state index in [0.717, 1.165) is 36.0 Å². The molecule has 0 radical (unpaired) electrons. The minimum absolute atomic E-state index is 0.0405. The highest BCUT2D eigenvalue weighted by Gasteiger charge is 2.31. The van der Waals surface area contributed by atoms with Crippen molar-refractivity contribution >= 4 is 15.9 Å². The van der Waals surface area contributed by atoms with Crippen LogP contribution in [0.15, 0.2) is 78.0 Å². The second-order valence-electron chi connectivity index (χ2n) is 8.94. The lowest BCUT2D eigenvalue weighted by Gasteiger charge is -2.32. The second-order valence-corrected chi connectivity index (χ2v) is 10.8. The molecule has 0 aliphatic carbocycles. The largest absolute Gasteiger partial charge is 0.330 e. The molecule has 7 heteroatoms. The molecule has 0 N–H and O–H groups in total. The van der Waals surface area contributed by atoms with E-state index >= 15 is 0 Å². The standard InChI is InChI=1S/C27H31N3O3S/c1-21-9-3-4-12-25(21)20-29(19-23-11-8-15-28-18-23)27(31)24-13-7-14-26(17-24)34(32,33)30-16-6-5-10-22(30)2/h3-4,7-9,11-15,17-18,22H,5-6,10,16,19-20H2,1-2H3. The summed E-state index contributed by atoms with van der Waals surface area (Å²) < 4.78 is 28.3. The number of carbonyl (C=O) groups is 1. The summed E-state index contributed by atoms with van der Waals surface area (Å²) in [6, 6.07) is 18.2. The van der Waals surface area contributed by atoms with E-state index in [1.165, 1.54) is 6.07 Å². The van der Waals surface area contributed by atoms with Crippen LogP contribution < -0.4 is 0 Å². The van der Waals surface area contributed by atoms with E-state index in [9.17, 15) is 13.2 Å². The molecule has 34 heavy (non-hydrogen) atoms. The van der Waals surface area contributed by atoms with Crippen LogP contribution in [0.4, 0.5) is 0 Å². The van der Waals surface area contributed by atoms with Gasteiger partial charge >= 0.3 is 0 Å². The average Bonchev–Trinajstić information content (AvgIpc) is 2.85. The molecule has 2 heterocycles. The number of aryl methyl sites for hydroxylation is 1. The van der Waals surface area contributed by atoms with Crippen molar-refractivity contribution in [1.29, 1.82) is 0 Å². The van der Waals surface area contributed by atoms with E-state index in [4.69, 9.17) is 0 Å². The number of piperidine rings is 1. The van der Waals surface area contributed by atoms with Crippen molar-refractivity contribution in [3.63, 3.8) is 0 Å². The van der Waals surface area contributed by atoms with Gasteiger partial charge in [0.1, 0.15) is 0 Å². The molecule has 6 nitrogen and oxygen atoms in total.